The van der Waals surface area contributed by atoms with Crippen molar-refractivity contribution in [1.29, 1.82) is 0 Å². The molecule has 1 aliphatic heterocycles. The molecule has 0 saturated carbocycles. The second-order valence-electron chi connectivity index (χ2n) is 7.18. The van der Waals surface area contributed by atoms with Crippen LogP contribution in [0.25, 0.3) is 0 Å². The summed E-state index contributed by atoms with van der Waals surface area (Å²) in [6, 6.07) is 10.8. The molecule has 0 aromatic heterocycles. The predicted molar refractivity (Wildman–Crippen MR) is 122 cm³/mol. The monoisotopic (exact) mass is 506 g/mol. The van der Waals surface area contributed by atoms with Gasteiger partial charge in [0.05, 0.1) is 26.9 Å². The molecule has 0 saturated heterocycles. The van der Waals surface area contributed by atoms with Crippen LogP contribution >= 0.6 is 11.8 Å². The molecule has 35 heavy (non-hydrogen) atoms. The van der Waals surface area contributed by atoms with Crippen molar-refractivity contribution in [2.45, 2.75) is 5.37 Å². The second-order valence-corrected chi connectivity index (χ2v) is 8.25. The maximum atomic E-state index is 15.0. The SMILES string of the molecule is COc1cccc(C2SC(c3ccc(F)cc3)=NN2C(=O)c2cc(F)c(F)c(OC)c2F)c1OC. The summed E-state index contributed by atoms with van der Waals surface area (Å²) < 4.78 is 72.0. The molecule has 1 heterocycles. The number of amides is 1. The highest BCUT2D eigenvalue weighted by Crippen LogP contribution is 2.47. The van der Waals surface area contributed by atoms with Crippen molar-refractivity contribution in [2.24, 2.45) is 5.10 Å². The lowest BCUT2D eigenvalue weighted by atomic mass is 10.1. The van der Waals surface area contributed by atoms with Crippen molar-refractivity contribution in [2.75, 3.05) is 21.3 Å². The van der Waals surface area contributed by atoms with Gasteiger partial charge in [-0.2, -0.15) is 9.49 Å². The fourth-order valence-corrected chi connectivity index (χ4v) is 4.71. The summed E-state index contributed by atoms with van der Waals surface area (Å²) in [5.41, 5.74) is 0.153. The zero-order valence-corrected chi connectivity index (χ0v) is 19.5. The van der Waals surface area contributed by atoms with Gasteiger partial charge >= 0.3 is 0 Å². The summed E-state index contributed by atoms with van der Waals surface area (Å²) >= 11 is 1.10. The Bertz CT molecular complexity index is 1320. The van der Waals surface area contributed by atoms with Gasteiger partial charge in [0.15, 0.2) is 28.9 Å². The van der Waals surface area contributed by atoms with Gasteiger partial charge < -0.3 is 14.2 Å². The van der Waals surface area contributed by atoms with Gasteiger partial charge in [-0.3, -0.25) is 4.79 Å². The number of nitrogens with zero attached hydrogens (tertiary/aromatic N) is 2. The zero-order valence-electron chi connectivity index (χ0n) is 18.6. The Labute approximate surface area is 202 Å². The number of para-hydroxylation sites is 1. The van der Waals surface area contributed by atoms with Crippen molar-refractivity contribution >= 4 is 22.7 Å². The maximum Gasteiger partial charge on any atom is 0.278 e. The maximum absolute atomic E-state index is 15.0. The molecule has 3 aromatic carbocycles. The quantitative estimate of drug-likeness (QED) is 0.326. The van der Waals surface area contributed by atoms with Crippen LogP contribution < -0.4 is 14.2 Å². The molecule has 6 nitrogen and oxygen atoms in total. The zero-order chi connectivity index (χ0) is 25.3. The van der Waals surface area contributed by atoms with E-state index in [0.29, 0.717) is 33.7 Å². The third kappa shape index (κ3) is 4.39. The minimum atomic E-state index is -1.56. The minimum absolute atomic E-state index is 0.296. The molecule has 0 bridgehead atoms. The Hall–Kier alpha value is -3.73. The van der Waals surface area contributed by atoms with Crippen molar-refractivity contribution in [1.82, 2.24) is 5.01 Å². The molecule has 4 rings (SSSR count). The van der Waals surface area contributed by atoms with Gasteiger partial charge in [-0.15, -0.1) is 0 Å². The largest absolute Gasteiger partial charge is 0.493 e. The number of thioether (sulfide) groups is 1. The van der Waals surface area contributed by atoms with Gasteiger partial charge in [-0.1, -0.05) is 23.9 Å². The van der Waals surface area contributed by atoms with Crippen molar-refractivity contribution < 1.29 is 36.6 Å². The molecule has 11 heteroatoms. The van der Waals surface area contributed by atoms with Crippen LogP contribution in [0.4, 0.5) is 17.6 Å². The first-order chi connectivity index (χ1) is 16.8. The van der Waals surface area contributed by atoms with E-state index in [-0.39, 0.29) is 0 Å². The van der Waals surface area contributed by atoms with Gasteiger partial charge in [0.25, 0.3) is 5.91 Å². The summed E-state index contributed by atoms with van der Waals surface area (Å²) in [7, 11) is 3.81. The van der Waals surface area contributed by atoms with Crippen molar-refractivity contribution in [3.63, 3.8) is 0 Å². The number of methoxy groups -OCH3 is 3. The summed E-state index contributed by atoms with van der Waals surface area (Å²) in [5.74, 6) is -6.28. The van der Waals surface area contributed by atoms with E-state index in [2.05, 4.69) is 9.84 Å². The van der Waals surface area contributed by atoms with E-state index < -0.39 is 45.9 Å². The first kappa shape index (κ1) is 24.4. The average molecular weight is 506 g/mol. The number of rotatable bonds is 6. The molecule has 0 aliphatic carbocycles. The van der Waals surface area contributed by atoms with Gasteiger partial charge in [0.2, 0.25) is 5.82 Å². The van der Waals surface area contributed by atoms with E-state index in [9.17, 15) is 22.4 Å². The van der Waals surface area contributed by atoms with Crippen LogP contribution in [-0.2, 0) is 0 Å². The fraction of sp³-hybridized carbons (Fsp3) is 0.167. The lowest BCUT2D eigenvalue weighted by Gasteiger charge is -2.24. The first-order valence-electron chi connectivity index (χ1n) is 10.1. The second kappa shape index (κ2) is 9.87. The third-order valence-corrected chi connectivity index (χ3v) is 6.41. The number of halogens is 4. The van der Waals surface area contributed by atoms with E-state index in [4.69, 9.17) is 9.47 Å². The third-order valence-electron chi connectivity index (χ3n) is 5.19. The number of hydrazone groups is 1. The van der Waals surface area contributed by atoms with Crippen LogP contribution in [0.2, 0.25) is 0 Å². The van der Waals surface area contributed by atoms with E-state index >= 15 is 0 Å². The Kier molecular flexibility index (Phi) is 6.88. The number of benzene rings is 3. The van der Waals surface area contributed by atoms with Gasteiger partial charge in [-0.25, -0.2) is 18.2 Å². The molecule has 0 spiro atoms. The average Bonchev–Trinajstić information content (AvgIpc) is 3.31. The van der Waals surface area contributed by atoms with Gasteiger partial charge in [0.1, 0.15) is 16.2 Å². The molecule has 0 N–H and O–H groups in total. The molecular formula is C24H18F4N2O4S. The molecule has 0 fully saturated rings. The molecule has 3 aromatic rings. The predicted octanol–water partition coefficient (Wildman–Crippen LogP) is 5.52. The first-order valence-corrected chi connectivity index (χ1v) is 11.0. The normalized spacial score (nSPS) is 15.1. The Balaban J connectivity index is 1.86. The molecule has 1 atom stereocenters. The van der Waals surface area contributed by atoms with Crippen LogP contribution in [0.3, 0.4) is 0 Å². The lowest BCUT2D eigenvalue weighted by Crippen LogP contribution is -2.27. The Morgan fingerprint density at radius 2 is 1.60 bits per heavy atom. The van der Waals surface area contributed by atoms with Gasteiger partial charge in [-0.05, 0) is 36.4 Å². The van der Waals surface area contributed by atoms with Crippen molar-refractivity contribution in [3.05, 3.63) is 88.5 Å². The smallest absolute Gasteiger partial charge is 0.278 e. The minimum Gasteiger partial charge on any atom is -0.493 e. The number of hydrogen-bond donors (Lipinski definition) is 0. The van der Waals surface area contributed by atoms with E-state index in [1.807, 2.05) is 0 Å². The highest BCUT2D eigenvalue weighted by Gasteiger charge is 2.39. The highest BCUT2D eigenvalue weighted by molar-refractivity contribution is 8.14. The summed E-state index contributed by atoms with van der Waals surface area (Å²) in [4.78, 5) is 13.5. The van der Waals surface area contributed by atoms with Gasteiger partial charge in [0, 0.05) is 11.1 Å². The Morgan fingerprint density at radius 3 is 2.23 bits per heavy atom. The summed E-state index contributed by atoms with van der Waals surface area (Å²) in [5, 5.41) is 4.65. The number of ether oxygens (including phenoxy) is 3. The topological polar surface area (TPSA) is 60.4 Å². The van der Waals surface area contributed by atoms with Crippen molar-refractivity contribution in [3.8, 4) is 17.2 Å². The Morgan fingerprint density at radius 1 is 0.914 bits per heavy atom. The molecule has 1 aliphatic rings. The van der Waals surface area contributed by atoms with Crippen LogP contribution in [-0.4, -0.2) is 37.3 Å². The van der Waals surface area contributed by atoms with Crippen LogP contribution in [0, 0.1) is 23.3 Å². The standard InChI is InChI=1S/C24H18F4N2O4S/c1-32-17-6-4-5-14(20(17)33-2)24-30(29-22(35-24)12-7-9-13(25)10-8-12)23(31)15-11-16(26)19(28)21(34-3)18(15)27/h4-11,24H,1-3H3. The number of carbonyl (C=O) groups excluding carboxylic acids is 1. The molecular weight excluding hydrogens is 488 g/mol. The molecule has 1 amide bonds. The fourth-order valence-electron chi connectivity index (χ4n) is 3.54. The van der Waals surface area contributed by atoms with Crippen LogP contribution in [0.1, 0.15) is 26.9 Å². The highest BCUT2D eigenvalue weighted by atomic mass is 32.2. The number of carbonyl (C=O) groups is 1. The number of hydrogen-bond acceptors (Lipinski definition) is 6. The van der Waals surface area contributed by atoms with Crippen LogP contribution in [0.15, 0.2) is 53.6 Å². The molecule has 1 unspecified atom stereocenters. The van der Waals surface area contributed by atoms with E-state index in [1.165, 1.54) is 38.5 Å². The summed E-state index contributed by atoms with van der Waals surface area (Å²) in [6.45, 7) is 0. The summed E-state index contributed by atoms with van der Waals surface area (Å²) in [6.07, 6.45) is 0. The molecule has 182 valence electrons. The van der Waals surface area contributed by atoms with Crippen LogP contribution in [0.5, 0.6) is 17.2 Å². The molecule has 0 radical (unpaired) electrons. The van der Waals surface area contributed by atoms with E-state index in [0.717, 1.165) is 23.9 Å². The van der Waals surface area contributed by atoms with E-state index in [1.54, 1.807) is 18.2 Å². The lowest BCUT2D eigenvalue weighted by molar-refractivity contribution is 0.0741.